The maximum Gasteiger partial charge on any atom is 0.340 e. The molecular weight excluding hydrogens is 206 g/mol. The smallest absolute Gasteiger partial charge is 0.340 e. The number of carbonyl (C=O) groups is 1. The van der Waals surface area contributed by atoms with E-state index in [0.29, 0.717) is 11.1 Å². The number of hydrogen-bond donors (Lipinski definition) is 2. The standard InChI is InChI=1S/C12H11NO3/c1-16-12(15)11-7-13-6-10(11)8-3-2-4-9(14)5-8/h2-7,13-14H,1H3. The van der Waals surface area contributed by atoms with Gasteiger partial charge in [-0.2, -0.15) is 0 Å². The van der Waals surface area contributed by atoms with E-state index in [1.54, 1.807) is 30.6 Å². The van der Waals surface area contributed by atoms with Crippen molar-refractivity contribution in [2.45, 2.75) is 0 Å². The first-order chi connectivity index (χ1) is 7.72. The molecule has 82 valence electrons. The minimum Gasteiger partial charge on any atom is -0.508 e. The van der Waals surface area contributed by atoms with Crippen LogP contribution in [0, 0.1) is 0 Å². The molecule has 0 fully saturated rings. The fourth-order valence-corrected chi connectivity index (χ4v) is 1.55. The van der Waals surface area contributed by atoms with Crippen LogP contribution >= 0.6 is 0 Å². The van der Waals surface area contributed by atoms with Crippen LogP contribution in [0.2, 0.25) is 0 Å². The number of phenols is 1. The van der Waals surface area contributed by atoms with Crippen LogP contribution in [0.25, 0.3) is 11.1 Å². The molecule has 1 aromatic heterocycles. The highest BCUT2D eigenvalue weighted by Crippen LogP contribution is 2.26. The van der Waals surface area contributed by atoms with Gasteiger partial charge in [0.2, 0.25) is 0 Å². The number of esters is 1. The molecule has 2 aromatic rings. The lowest BCUT2D eigenvalue weighted by Crippen LogP contribution is -2.00. The monoisotopic (exact) mass is 217 g/mol. The van der Waals surface area contributed by atoms with E-state index in [1.165, 1.54) is 7.11 Å². The van der Waals surface area contributed by atoms with E-state index >= 15 is 0 Å². The van der Waals surface area contributed by atoms with Crippen molar-refractivity contribution in [3.63, 3.8) is 0 Å². The Bertz CT molecular complexity index is 516. The number of carbonyl (C=O) groups excluding carboxylic acids is 1. The quantitative estimate of drug-likeness (QED) is 0.758. The summed E-state index contributed by atoms with van der Waals surface area (Å²) in [5.74, 6) is -0.242. The molecule has 16 heavy (non-hydrogen) atoms. The first kappa shape index (κ1) is 10.3. The molecule has 0 aliphatic rings. The molecule has 0 unspecified atom stereocenters. The van der Waals surface area contributed by atoms with Gasteiger partial charge in [-0.3, -0.25) is 0 Å². The van der Waals surface area contributed by atoms with Crippen LogP contribution < -0.4 is 0 Å². The molecule has 0 saturated heterocycles. The van der Waals surface area contributed by atoms with Crippen LogP contribution in [-0.4, -0.2) is 23.2 Å². The average Bonchev–Trinajstić information content (AvgIpc) is 2.77. The van der Waals surface area contributed by atoms with Gasteiger partial charge in [-0.15, -0.1) is 0 Å². The molecule has 4 nitrogen and oxygen atoms in total. The van der Waals surface area contributed by atoms with Crippen LogP contribution in [0.15, 0.2) is 36.7 Å². The molecule has 0 aliphatic heterocycles. The van der Waals surface area contributed by atoms with Gasteiger partial charge in [0.05, 0.1) is 12.7 Å². The number of H-pyrrole nitrogens is 1. The number of ether oxygens (including phenoxy) is 1. The van der Waals surface area contributed by atoms with Crippen LogP contribution in [0.3, 0.4) is 0 Å². The number of aromatic amines is 1. The maximum atomic E-state index is 11.4. The third-order valence-corrected chi connectivity index (χ3v) is 2.31. The number of hydrogen-bond acceptors (Lipinski definition) is 3. The molecule has 4 heteroatoms. The van der Waals surface area contributed by atoms with Gasteiger partial charge in [0.1, 0.15) is 5.75 Å². The van der Waals surface area contributed by atoms with Gasteiger partial charge < -0.3 is 14.8 Å². The van der Waals surface area contributed by atoms with Crippen LogP contribution in [0.5, 0.6) is 5.75 Å². The summed E-state index contributed by atoms with van der Waals surface area (Å²) in [6, 6.07) is 6.71. The fourth-order valence-electron chi connectivity index (χ4n) is 1.55. The van der Waals surface area contributed by atoms with Gasteiger partial charge in [0.25, 0.3) is 0 Å². The number of rotatable bonds is 2. The van der Waals surface area contributed by atoms with Gasteiger partial charge in [-0.25, -0.2) is 4.79 Å². The van der Waals surface area contributed by atoms with Crippen molar-refractivity contribution in [2.75, 3.05) is 7.11 Å². The fraction of sp³-hybridized carbons (Fsp3) is 0.0833. The molecule has 1 heterocycles. The zero-order chi connectivity index (χ0) is 11.5. The Morgan fingerprint density at radius 3 is 2.88 bits per heavy atom. The van der Waals surface area contributed by atoms with E-state index < -0.39 is 5.97 Å². The van der Waals surface area contributed by atoms with Crippen LogP contribution in [0.4, 0.5) is 0 Å². The van der Waals surface area contributed by atoms with Crippen molar-refractivity contribution >= 4 is 5.97 Å². The minimum absolute atomic E-state index is 0.162. The second-order valence-electron chi connectivity index (χ2n) is 3.32. The molecule has 1 aromatic carbocycles. The predicted octanol–water partition coefficient (Wildman–Crippen LogP) is 2.17. The highest BCUT2D eigenvalue weighted by atomic mass is 16.5. The van der Waals surface area contributed by atoms with Gasteiger partial charge in [0, 0.05) is 18.0 Å². The lowest BCUT2D eigenvalue weighted by atomic mass is 10.0. The zero-order valence-electron chi connectivity index (χ0n) is 8.73. The number of phenolic OH excluding ortho intramolecular Hbond substituents is 1. The Kier molecular flexibility index (Phi) is 2.64. The van der Waals surface area contributed by atoms with E-state index in [-0.39, 0.29) is 5.75 Å². The van der Waals surface area contributed by atoms with Crippen molar-refractivity contribution in [3.05, 3.63) is 42.2 Å². The lowest BCUT2D eigenvalue weighted by molar-refractivity contribution is 0.0602. The van der Waals surface area contributed by atoms with E-state index in [1.807, 2.05) is 6.07 Å². The molecule has 2 rings (SSSR count). The number of methoxy groups -OCH3 is 1. The second-order valence-corrected chi connectivity index (χ2v) is 3.32. The van der Waals surface area contributed by atoms with Gasteiger partial charge >= 0.3 is 5.97 Å². The first-order valence-electron chi connectivity index (χ1n) is 4.77. The molecular formula is C12H11NO3. The second kappa shape index (κ2) is 4.10. The summed E-state index contributed by atoms with van der Waals surface area (Å²) in [6.45, 7) is 0. The summed E-state index contributed by atoms with van der Waals surface area (Å²) in [5.41, 5.74) is 1.93. The Hall–Kier alpha value is -2.23. The topological polar surface area (TPSA) is 62.3 Å². The SMILES string of the molecule is COC(=O)c1c[nH]cc1-c1cccc(O)c1. The molecule has 0 atom stereocenters. The Labute approximate surface area is 92.5 Å². The van der Waals surface area contributed by atoms with Gasteiger partial charge in [-0.1, -0.05) is 12.1 Å². The Morgan fingerprint density at radius 1 is 1.38 bits per heavy atom. The molecule has 0 saturated carbocycles. The molecule has 2 N–H and O–H groups in total. The highest BCUT2D eigenvalue weighted by Gasteiger charge is 2.14. The van der Waals surface area contributed by atoms with Crippen LogP contribution in [-0.2, 0) is 4.74 Å². The zero-order valence-corrected chi connectivity index (χ0v) is 8.73. The van der Waals surface area contributed by atoms with E-state index in [9.17, 15) is 9.90 Å². The predicted molar refractivity (Wildman–Crippen MR) is 59.2 cm³/mol. The largest absolute Gasteiger partial charge is 0.508 e. The number of benzene rings is 1. The molecule has 0 bridgehead atoms. The van der Waals surface area contributed by atoms with Gasteiger partial charge in [-0.05, 0) is 17.7 Å². The van der Waals surface area contributed by atoms with Gasteiger partial charge in [0.15, 0.2) is 0 Å². The van der Waals surface area contributed by atoms with E-state index in [2.05, 4.69) is 9.72 Å². The van der Waals surface area contributed by atoms with E-state index in [4.69, 9.17) is 0 Å². The lowest BCUT2D eigenvalue weighted by Gasteiger charge is -2.02. The minimum atomic E-state index is -0.403. The first-order valence-corrected chi connectivity index (χ1v) is 4.77. The Morgan fingerprint density at radius 2 is 2.19 bits per heavy atom. The molecule has 0 radical (unpaired) electrons. The van der Waals surface area contributed by atoms with Crippen molar-refractivity contribution in [1.29, 1.82) is 0 Å². The van der Waals surface area contributed by atoms with Crippen molar-refractivity contribution < 1.29 is 14.6 Å². The Balaban J connectivity index is 2.48. The molecule has 0 spiro atoms. The van der Waals surface area contributed by atoms with Crippen molar-refractivity contribution in [3.8, 4) is 16.9 Å². The molecule has 0 amide bonds. The van der Waals surface area contributed by atoms with Crippen molar-refractivity contribution in [2.24, 2.45) is 0 Å². The van der Waals surface area contributed by atoms with E-state index in [0.717, 1.165) is 5.56 Å². The molecule has 0 aliphatic carbocycles. The summed E-state index contributed by atoms with van der Waals surface area (Å²) >= 11 is 0. The van der Waals surface area contributed by atoms with Crippen molar-refractivity contribution in [1.82, 2.24) is 4.98 Å². The maximum absolute atomic E-state index is 11.4. The highest BCUT2D eigenvalue weighted by molar-refractivity contribution is 5.97. The summed E-state index contributed by atoms with van der Waals surface area (Å²) in [6.07, 6.45) is 3.27. The summed E-state index contributed by atoms with van der Waals surface area (Å²) < 4.78 is 4.67. The third-order valence-electron chi connectivity index (χ3n) is 2.31. The summed E-state index contributed by atoms with van der Waals surface area (Å²) in [5, 5.41) is 9.37. The number of aromatic nitrogens is 1. The third kappa shape index (κ3) is 1.77. The number of nitrogens with one attached hydrogen (secondary N) is 1. The number of aromatic hydroxyl groups is 1. The summed E-state index contributed by atoms with van der Waals surface area (Å²) in [7, 11) is 1.33. The van der Waals surface area contributed by atoms with Crippen LogP contribution in [0.1, 0.15) is 10.4 Å². The normalized spacial score (nSPS) is 10.1. The average molecular weight is 217 g/mol. The summed E-state index contributed by atoms with van der Waals surface area (Å²) in [4.78, 5) is 14.3.